The molecule has 0 heterocycles. The molecule has 0 atom stereocenters. The summed E-state index contributed by atoms with van der Waals surface area (Å²) in [6.45, 7) is 11.2. The van der Waals surface area contributed by atoms with Crippen LogP contribution in [0.15, 0.2) is 24.3 Å². The quantitative estimate of drug-likeness (QED) is 0.682. The summed E-state index contributed by atoms with van der Waals surface area (Å²) in [5.74, 6) is 1.03. The fraction of sp³-hybridized carbons (Fsp3) is 0.600. The Morgan fingerprint density at radius 3 is 2.41 bits per heavy atom. The van der Waals surface area contributed by atoms with Gasteiger partial charge in [-0.1, -0.05) is 18.2 Å². The van der Waals surface area contributed by atoms with Crippen molar-refractivity contribution >= 4 is 0 Å². The van der Waals surface area contributed by atoms with E-state index in [0.29, 0.717) is 0 Å². The lowest BCUT2D eigenvalue weighted by molar-refractivity contribution is -0.896. The smallest absolute Gasteiger partial charge is 0.122 e. The maximum atomic E-state index is 5.78. The molecule has 0 aromatic heterocycles. The van der Waals surface area contributed by atoms with E-state index in [1.165, 1.54) is 31.6 Å². The number of benzene rings is 1. The number of unbranched alkanes of at least 4 members (excludes halogenated alkanes) is 1. The Labute approximate surface area is 106 Å². The van der Waals surface area contributed by atoms with Crippen molar-refractivity contribution in [2.24, 2.45) is 0 Å². The molecule has 0 bridgehead atoms. The van der Waals surface area contributed by atoms with Crippen molar-refractivity contribution in [3.05, 3.63) is 29.8 Å². The number of quaternary nitrogens is 1. The molecule has 0 fully saturated rings. The monoisotopic (exact) mass is 236 g/mol. The molecule has 2 nitrogen and oxygen atoms in total. The molecule has 0 amide bonds. The van der Waals surface area contributed by atoms with Gasteiger partial charge in [-0.3, -0.25) is 0 Å². The van der Waals surface area contributed by atoms with Crippen LogP contribution in [0.3, 0.4) is 0 Å². The van der Waals surface area contributed by atoms with E-state index in [4.69, 9.17) is 4.74 Å². The predicted molar refractivity (Wildman–Crippen MR) is 72.8 cm³/mol. The molecule has 1 aromatic rings. The lowest BCUT2D eigenvalue weighted by Gasteiger charge is -2.15. The summed E-state index contributed by atoms with van der Waals surface area (Å²) < 4.78 is 5.78. The molecule has 1 rings (SSSR count). The molecule has 0 aliphatic rings. The molecule has 2 heteroatoms. The van der Waals surface area contributed by atoms with E-state index in [9.17, 15) is 0 Å². The van der Waals surface area contributed by atoms with Gasteiger partial charge in [0.2, 0.25) is 0 Å². The number of hydrogen-bond acceptors (Lipinski definition) is 1. The van der Waals surface area contributed by atoms with Crippen molar-refractivity contribution < 1.29 is 9.64 Å². The van der Waals surface area contributed by atoms with E-state index < -0.39 is 0 Å². The summed E-state index contributed by atoms with van der Waals surface area (Å²) in [4.78, 5) is 1.68. The van der Waals surface area contributed by atoms with Gasteiger partial charge in [-0.2, -0.15) is 0 Å². The average molecular weight is 236 g/mol. The van der Waals surface area contributed by atoms with Crippen LogP contribution in [0.1, 0.15) is 32.3 Å². The van der Waals surface area contributed by atoms with Gasteiger partial charge in [0.05, 0.1) is 26.2 Å². The van der Waals surface area contributed by atoms with Crippen LogP contribution in [0, 0.1) is 6.92 Å². The second-order valence-electron chi connectivity index (χ2n) is 4.53. The van der Waals surface area contributed by atoms with Gasteiger partial charge >= 0.3 is 0 Å². The van der Waals surface area contributed by atoms with Crippen LogP contribution in [-0.4, -0.2) is 26.2 Å². The molecule has 0 saturated heterocycles. The highest BCUT2D eigenvalue weighted by molar-refractivity contribution is 5.31. The van der Waals surface area contributed by atoms with Crippen molar-refractivity contribution in [3.63, 3.8) is 0 Å². The Morgan fingerprint density at radius 2 is 1.76 bits per heavy atom. The summed E-state index contributed by atoms with van der Waals surface area (Å²) >= 11 is 0. The van der Waals surface area contributed by atoms with Crippen molar-refractivity contribution in [3.8, 4) is 5.75 Å². The summed E-state index contributed by atoms with van der Waals surface area (Å²) in [6.07, 6.45) is 2.40. The second kappa shape index (κ2) is 8.13. The summed E-state index contributed by atoms with van der Waals surface area (Å²) in [5.41, 5.74) is 1.22. The average Bonchev–Trinajstić information content (AvgIpc) is 2.36. The highest BCUT2D eigenvalue weighted by Gasteiger charge is 2.02. The van der Waals surface area contributed by atoms with Crippen molar-refractivity contribution in [2.75, 3.05) is 26.2 Å². The van der Waals surface area contributed by atoms with Crippen LogP contribution < -0.4 is 9.64 Å². The fourth-order valence-corrected chi connectivity index (χ4v) is 1.98. The molecular formula is C15H26NO+. The van der Waals surface area contributed by atoms with Gasteiger partial charge in [-0.15, -0.1) is 0 Å². The number of ether oxygens (including phenoxy) is 1. The van der Waals surface area contributed by atoms with Crippen molar-refractivity contribution in [1.29, 1.82) is 0 Å². The molecule has 0 unspecified atom stereocenters. The SMILES string of the molecule is CC[NH+](CC)CCCCOc1ccccc1C. The highest BCUT2D eigenvalue weighted by atomic mass is 16.5. The molecule has 0 aliphatic heterocycles. The van der Waals surface area contributed by atoms with Crippen molar-refractivity contribution in [2.45, 2.75) is 33.6 Å². The summed E-state index contributed by atoms with van der Waals surface area (Å²) in [5, 5.41) is 0. The molecule has 0 radical (unpaired) electrons. The van der Waals surface area contributed by atoms with E-state index in [-0.39, 0.29) is 0 Å². The highest BCUT2D eigenvalue weighted by Crippen LogP contribution is 2.16. The number of nitrogens with one attached hydrogen (secondary N) is 1. The number of rotatable bonds is 8. The van der Waals surface area contributed by atoms with Gasteiger partial charge in [-0.05, 0) is 45.2 Å². The topological polar surface area (TPSA) is 13.7 Å². The maximum Gasteiger partial charge on any atom is 0.122 e. The lowest BCUT2D eigenvalue weighted by atomic mass is 10.2. The first-order valence-corrected chi connectivity index (χ1v) is 6.80. The molecule has 0 spiro atoms. The standard InChI is InChI=1S/C15H25NO/c1-4-16(5-2)12-8-9-13-17-15-11-7-6-10-14(15)3/h6-7,10-11H,4-5,8-9,12-13H2,1-3H3/p+1. The molecule has 96 valence electrons. The van der Waals surface area contributed by atoms with Gasteiger partial charge in [0, 0.05) is 0 Å². The normalized spacial score (nSPS) is 10.8. The fourth-order valence-electron chi connectivity index (χ4n) is 1.98. The Hall–Kier alpha value is -1.02. The van der Waals surface area contributed by atoms with E-state index in [2.05, 4.69) is 26.8 Å². The third-order valence-corrected chi connectivity index (χ3v) is 3.28. The second-order valence-corrected chi connectivity index (χ2v) is 4.53. The van der Waals surface area contributed by atoms with Gasteiger partial charge in [0.1, 0.15) is 5.75 Å². The van der Waals surface area contributed by atoms with E-state index >= 15 is 0 Å². The number of aryl methyl sites for hydroxylation is 1. The van der Waals surface area contributed by atoms with Crippen molar-refractivity contribution in [1.82, 2.24) is 0 Å². The van der Waals surface area contributed by atoms with Gasteiger partial charge in [0.25, 0.3) is 0 Å². The Morgan fingerprint density at radius 1 is 1.06 bits per heavy atom. The first kappa shape index (κ1) is 14.0. The zero-order chi connectivity index (χ0) is 12.5. The summed E-state index contributed by atoms with van der Waals surface area (Å²) in [6, 6.07) is 8.22. The predicted octanol–water partition coefficient (Wildman–Crippen LogP) is 2.08. The number of para-hydroxylation sites is 1. The minimum atomic E-state index is 0.839. The molecule has 17 heavy (non-hydrogen) atoms. The van der Waals surface area contributed by atoms with Gasteiger partial charge in [0.15, 0.2) is 0 Å². The zero-order valence-corrected chi connectivity index (χ0v) is 11.5. The Bertz CT molecular complexity index is 308. The van der Waals surface area contributed by atoms with Crippen LogP contribution in [0.5, 0.6) is 5.75 Å². The maximum absolute atomic E-state index is 5.78. The molecule has 1 aromatic carbocycles. The first-order valence-electron chi connectivity index (χ1n) is 6.80. The largest absolute Gasteiger partial charge is 0.493 e. The minimum Gasteiger partial charge on any atom is -0.493 e. The lowest BCUT2D eigenvalue weighted by Crippen LogP contribution is -3.11. The molecule has 0 saturated carbocycles. The zero-order valence-electron chi connectivity index (χ0n) is 11.5. The third kappa shape index (κ3) is 5.22. The Kier molecular flexibility index (Phi) is 6.71. The van der Waals surface area contributed by atoms with Gasteiger partial charge in [-0.25, -0.2) is 0 Å². The van der Waals surface area contributed by atoms with E-state index in [0.717, 1.165) is 18.8 Å². The van der Waals surface area contributed by atoms with E-state index in [1.54, 1.807) is 4.90 Å². The molecule has 0 aliphatic carbocycles. The minimum absolute atomic E-state index is 0.839. The van der Waals surface area contributed by atoms with Crippen LogP contribution in [0.2, 0.25) is 0 Å². The van der Waals surface area contributed by atoms with Crippen LogP contribution in [0.25, 0.3) is 0 Å². The van der Waals surface area contributed by atoms with E-state index in [1.807, 2.05) is 18.2 Å². The molecular weight excluding hydrogens is 210 g/mol. The van der Waals surface area contributed by atoms with Gasteiger partial charge < -0.3 is 9.64 Å². The molecule has 1 N–H and O–H groups in total. The van der Waals surface area contributed by atoms with Crippen LogP contribution in [-0.2, 0) is 0 Å². The van der Waals surface area contributed by atoms with Crippen LogP contribution >= 0.6 is 0 Å². The first-order chi connectivity index (χ1) is 8.27. The summed E-state index contributed by atoms with van der Waals surface area (Å²) in [7, 11) is 0. The van der Waals surface area contributed by atoms with Crippen LogP contribution in [0.4, 0.5) is 0 Å². The third-order valence-electron chi connectivity index (χ3n) is 3.28. The Balaban J connectivity index is 2.14. The number of hydrogen-bond donors (Lipinski definition) is 1.